The zero-order valence-electron chi connectivity index (χ0n) is 43.9. The van der Waals surface area contributed by atoms with Gasteiger partial charge in [0, 0.05) is 30.5 Å². The number of aryl methyl sites for hydroxylation is 3. The molecule has 9 rings (SSSR count). The van der Waals surface area contributed by atoms with Gasteiger partial charge in [-0.3, -0.25) is 4.98 Å². The topological polar surface area (TPSA) is 30.7 Å². The fraction of sp³-hybridized carbons (Fsp3) is 0.288. The van der Waals surface area contributed by atoms with Crippen molar-refractivity contribution in [3.63, 3.8) is 0 Å². The van der Waals surface area contributed by atoms with E-state index in [0.717, 1.165) is 37.9 Å². The maximum absolute atomic E-state index is 8.80. The Kier molecular flexibility index (Phi) is 12.7. The SMILES string of the molecule is Cc1cc2sc3c[c-]c(-c4nc5ccccc5n4-c4c(C(C)C)cc(-c5ccccc5)cc4C(C)C)cc3c2cc1C.[2H]C([2H])c1c[c-]c(-c2cc(C([2H])([2H])C(C)(C)C)[c]([Ge]([CH3])([CH3])[CH3])cn2)cc1.[Ir]. The Morgan fingerprint density at radius 3 is 2.02 bits per heavy atom. The van der Waals surface area contributed by atoms with Crippen molar-refractivity contribution in [1.29, 1.82) is 0 Å². The number of nitrogens with zero attached hydrogens (tertiary/aromatic N) is 3. The maximum atomic E-state index is 8.80. The van der Waals surface area contributed by atoms with Crippen LogP contribution in [0.4, 0.5) is 0 Å². The van der Waals surface area contributed by atoms with Crippen molar-refractivity contribution in [3.05, 3.63) is 167 Å². The second kappa shape index (κ2) is 19.3. The van der Waals surface area contributed by atoms with E-state index in [0.29, 0.717) is 23.1 Å². The van der Waals surface area contributed by atoms with Crippen LogP contribution in [0.1, 0.15) is 99.2 Å². The smallest absolute Gasteiger partial charge is 0 e. The molecular weight excluding hydrogens is 1050 g/mol. The monoisotopic (exact) mass is 1120 g/mol. The predicted molar refractivity (Wildman–Crippen MR) is 281 cm³/mol. The number of para-hydroxylation sites is 2. The third-order valence-corrected chi connectivity index (χ3v) is 17.2. The van der Waals surface area contributed by atoms with E-state index in [4.69, 9.17) is 10.5 Å². The van der Waals surface area contributed by atoms with Crippen molar-refractivity contribution < 1.29 is 25.6 Å². The molecule has 0 aliphatic heterocycles. The molecule has 335 valence electrons. The summed E-state index contributed by atoms with van der Waals surface area (Å²) < 4.78 is 38.6. The van der Waals surface area contributed by atoms with E-state index >= 15 is 0 Å². The molecule has 0 amide bonds. The van der Waals surface area contributed by atoms with Crippen molar-refractivity contribution in [2.24, 2.45) is 5.41 Å². The summed E-state index contributed by atoms with van der Waals surface area (Å²) in [5.74, 6) is 8.35. The van der Waals surface area contributed by atoms with E-state index in [-0.39, 0.29) is 20.1 Å². The number of benzene rings is 6. The van der Waals surface area contributed by atoms with E-state index in [9.17, 15) is 0 Å². The summed E-state index contributed by atoms with van der Waals surface area (Å²) in [5.41, 5.74) is 14.4. The Morgan fingerprint density at radius 2 is 1.38 bits per heavy atom. The normalized spacial score (nSPS) is 13.2. The molecule has 3 aromatic heterocycles. The van der Waals surface area contributed by atoms with Gasteiger partial charge in [0.2, 0.25) is 0 Å². The van der Waals surface area contributed by atoms with E-state index in [1.165, 1.54) is 59.2 Å². The maximum Gasteiger partial charge on any atom is 0 e. The molecule has 3 nitrogen and oxygen atoms in total. The van der Waals surface area contributed by atoms with Gasteiger partial charge in [0.05, 0.1) is 16.9 Å². The fourth-order valence-electron chi connectivity index (χ4n) is 8.46. The number of thiophene rings is 1. The van der Waals surface area contributed by atoms with Crippen LogP contribution in [0, 0.1) is 38.3 Å². The number of hydrogen-bond acceptors (Lipinski definition) is 3. The summed E-state index contributed by atoms with van der Waals surface area (Å²) in [7, 11) is 0. The van der Waals surface area contributed by atoms with Gasteiger partial charge in [-0.25, -0.2) is 0 Å². The molecule has 3 heterocycles. The first kappa shape index (κ1) is 43.0. The minimum Gasteiger partial charge on any atom is 0 e. The third-order valence-electron chi connectivity index (χ3n) is 11.9. The Morgan fingerprint density at radius 1 is 0.738 bits per heavy atom. The van der Waals surface area contributed by atoms with E-state index < -0.39 is 31.9 Å². The van der Waals surface area contributed by atoms with Crippen molar-refractivity contribution >= 4 is 60.2 Å². The predicted octanol–water partition coefficient (Wildman–Crippen LogP) is 16.4. The van der Waals surface area contributed by atoms with E-state index in [2.05, 4.69) is 171 Å². The third kappa shape index (κ3) is 10.3. The molecule has 1 radical (unpaired) electrons. The quantitative estimate of drug-likeness (QED) is 0.112. The first-order valence-corrected chi connectivity index (χ1v) is 30.6. The van der Waals surface area contributed by atoms with E-state index in [1.54, 1.807) is 12.1 Å². The number of fused-ring (bicyclic) bond motifs is 4. The molecule has 0 fully saturated rings. The van der Waals surface area contributed by atoms with Gasteiger partial charge < -0.3 is 4.57 Å². The molecule has 9 aromatic rings. The Labute approximate surface area is 414 Å². The van der Waals surface area contributed by atoms with Crippen molar-refractivity contribution in [2.75, 3.05) is 0 Å². The van der Waals surface area contributed by atoms with Crippen LogP contribution in [0.5, 0.6) is 0 Å². The van der Waals surface area contributed by atoms with Gasteiger partial charge in [0.15, 0.2) is 0 Å². The second-order valence-corrected chi connectivity index (χ2v) is 31.5. The molecule has 0 bridgehead atoms. The largest absolute Gasteiger partial charge is 0 e. The number of rotatable bonds is 8. The molecule has 0 aliphatic carbocycles. The molecule has 0 N–H and O–H groups in total. The molecule has 0 saturated heterocycles. The number of aromatic nitrogens is 3. The van der Waals surface area contributed by atoms with Crippen LogP contribution in [-0.2, 0) is 26.5 Å². The molecule has 0 atom stereocenters. The molecule has 0 aliphatic rings. The average molecular weight is 1120 g/mol. The van der Waals surface area contributed by atoms with Crippen LogP contribution in [-0.4, -0.2) is 27.8 Å². The molecule has 0 spiro atoms. The standard InChI is InChI=1S/C39H35N2S.C20H28GeN.Ir/c1-23(2)30-21-29(27-12-8-7-9-13-27)22-31(24(3)4)38(30)41-35-15-11-10-14-34(35)40-39(41)28-16-17-36-33(20-28)32-18-25(5)26(6)19-37(32)42-36;1-15-8-10-16(11-9-15)19-12-17(13-20(2,3)4)18(14-22-19)21(5,6)7;/h7-15,17-24H,1-6H3;8-10,12,14H,13H2,1-7H3;/q2*-1;/i;1D2,13D2;. The van der Waals surface area contributed by atoms with Gasteiger partial charge in [0.25, 0.3) is 0 Å². The van der Waals surface area contributed by atoms with Gasteiger partial charge in [-0.2, -0.15) is 11.3 Å². The van der Waals surface area contributed by atoms with Crippen LogP contribution in [0.15, 0.2) is 121 Å². The zero-order chi connectivity index (χ0) is 49.0. The molecule has 0 unspecified atom stereocenters. The summed E-state index contributed by atoms with van der Waals surface area (Å²) in [6, 6.07) is 47.0. The van der Waals surface area contributed by atoms with Crippen LogP contribution in [0.2, 0.25) is 17.3 Å². The summed E-state index contributed by atoms with van der Waals surface area (Å²) in [6.07, 6.45) is 0.375. The number of hydrogen-bond donors (Lipinski definition) is 0. The van der Waals surface area contributed by atoms with Crippen LogP contribution in [0.25, 0.3) is 70.7 Å². The Hall–Kier alpha value is -4.65. The van der Waals surface area contributed by atoms with Crippen molar-refractivity contribution in [2.45, 2.75) is 105 Å². The minimum atomic E-state index is -2.32. The number of pyridine rings is 1. The first-order valence-electron chi connectivity index (χ1n) is 24.6. The van der Waals surface area contributed by atoms with Gasteiger partial charge >= 0.3 is 144 Å². The summed E-state index contributed by atoms with van der Waals surface area (Å²) in [4.78, 5) is 9.88. The van der Waals surface area contributed by atoms with Crippen molar-refractivity contribution in [3.8, 4) is 39.5 Å². The average Bonchev–Trinajstić information content (AvgIpc) is 3.85. The van der Waals surface area contributed by atoms with Crippen LogP contribution in [0.3, 0.4) is 0 Å². The van der Waals surface area contributed by atoms with Gasteiger partial charge in [-0.15, -0.1) is 23.8 Å². The van der Waals surface area contributed by atoms with Crippen molar-refractivity contribution in [1.82, 2.24) is 14.5 Å². The van der Waals surface area contributed by atoms with Gasteiger partial charge in [-0.05, 0) is 99.5 Å². The molecule has 65 heavy (non-hydrogen) atoms. The summed E-state index contributed by atoms with van der Waals surface area (Å²) in [5, 5.41) is 2.59. The first-order chi connectivity index (χ1) is 32.0. The molecule has 6 heteroatoms. The molecule has 0 saturated carbocycles. The van der Waals surface area contributed by atoms with Crippen LogP contribution >= 0.6 is 11.3 Å². The zero-order valence-corrected chi connectivity index (χ0v) is 45.2. The minimum absolute atomic E-state index is 0. The molecular formula is C59H63GeIrN3S-2. The molecule has 6 aromatic carbocycles. The second-order valence-electron chi connectivity index (χ2n) is 19.9. The summed E-state index contributed by atoms with van der Waals surface area (Å²) in [6.45, 7) is 18.4. The Bertz CT molecular complexity index is 3260. The van der Waals surface area contributed by atoms with E-state index in [1.807, 2.05) is 50.4 Å². The number of imidazole rings is 1. The van der Waals surface area contributed by atoms with Crippen LogP contribution < -0.4 is 4.40 Å². The summed E-state index contributed by atoms with van der Waals surface area (Å²) >= 11 is -0.472. The fourth-order valence-corrected chi connectivity index (χ4v) is 12.5. The van der Waals surface area contributed by atoms with Gasteiger partial charge in [-0.1, -0.05) is 81.6 Å². The van der Waals surface area contributed by atoms with Gasteiger partial charge in [0.1, 0.15) is 0 Å². The Balaban J connectivity index is 0.000000226.